The molecule has 3 amide bonds. The van der Waals surface area contributed by atoms with Crippen molar-refractivity contribution in [3.8, 4) is 17.1 Å². The number of rotatable bonds is 24. The summed E-state index contributed by atoms with van der Waals surface area (Å²) in [6, 6.07) is 49.8. The maximum absolute atomic E-state index is 14.2. The van der Waals surface area contributed by atoms with Gasteiger partial charge in [0.05, 0.1) is 47.2 Å². The zero-order valence-corrected chi connectivity index (χ0v) is 49.1. The number of ether oxygens (including phenoxy) is 3. The Morgan fingerprint density at radius 1 is 0.805 bits per heavy atom. The predicted octanol–water partition coefficient (Wildman–Crippen LogP) is 9.87. The number of H-pyrrole nitrogens is 1. The van der Waals surface area contributed by atoms with Crippen LogP contribution in [0, 0.1) is 6.92 Å². The fourth-order valence-electron chi connectivity index (χ4n) is 12.1. The third kappa shape index (κ3) is 12.4. The highest BCUT2D eigenvalue weighted by atomic mass is 16.6. The van der Waals surface area contributed by atoms with Crippen molar-refractivity contribution in [1.29, 1.82) is 0 Å². The lowest BCUT2D eigenvalue weighted by Crippen LogP contribution is -2.50. The van der Waals surface area contributed by atoms with Gasteiger partial charge in [-0.05, 0) is 134 Å². The number of nitrogens with one attached hydrogen (secondary N) is 5. The number of pyridine rings is 2. The molecular weight excluding hydrogens is 1100 g/mol. The Balaban J connectivity index is 0.681. The predicted molar refractivity (Wildman–Crippen MR) is 335 cm³/mol. The molecule has 0 aliphatic carbocycles. The molecule has 17 heteroatoms. The van der Waals surface area contributed by atoms with Crippen molar-refractivity contribution in [2.45, 2.75) is 109 Å². The number of aromatic amines is 1. The number of carbonyl (C=O) groups is 4. The molecule has 0 bridgehead atoms. The summed E-state index contributed by atoms with van der Waals surface area (Å²) in [5.74, 6) is -0.951. The third-order valence-electron chi connectivity index (χ3n) is 16.9. The number of benzene rings is 6. The van der Waals surface area contributed by atoms with Crippen molar-refractivity contribution in [3.63, 3.8) is 0 Å². The molecule has 0 radical (unpaired) electrons. The number of aliphatic hydroxyl groups is 1. The van der Waals surface area contributed by atoms with Crippen LogP contribution in [-0.4, -0.2) is 75.3 Å². The minimum Gasteiger partial charge on any atom is -0.494 e. The number of aromatic nitrogens is 3. The fourth-order valence-corrected chi connectivity index (χ4v) is 12.1. The van der Waals surface area contributed by atoms with Gasteiger partial charge in [0, 0.05) is 45.8 Å². The molecule has 5 heterocycles. The van der Waals surface area contributed by atoms with Crippen molar-refractivity contribution in [2.75, 3.05) is 25.0 Å². The maximum Gasteiger partial charge on any atom is 0.407 e. The quantitative estimate of drug-likeness (QED) is 0.0170. The van der Waals surface area contributed by atoms with E-state index in [2.05, 4.69) is 106 Å². The van der Waals surface area contributed by atoms with Crippen LogP contribution in [0.3, 0.4) is 0 Å². The van der Waals surface area contributed by atoms with Crippen LogP contribution in [0.2, 0.25) is 0 Å². The van der Waals surface area contributed by atoms with Crippen LogP contribution in [0.25, 0.3) is 33.2 Å². The van der Waals surface area contributed by atoms with Gasteiger partial charge in [0.1, 0.15) is 25.0 Å². The van der Waals surface area contributed by atoms with Crippen LogP contribution in [0.15, 0.2) is 169 Å². The minimum absolute atomic E-state index is 0.0109. The van der Waals surface area contributed by atoms with E-state index in [1.165, 1.54) is 5.56 Å². The van der Waals surface area contributed by atoms with Gasteiger partial charge in [-0.25, -0.2) is 14.6 Å². The highest BCUT2D eigenvalue weighted by Crippen LogP contribution is 2.42. The molecule has 17 nitrogen and oxygen atoms in total. The molecule has 11 rings (SSSR count). The van der Waals surface area contributed by atoms with E-state index in [1.54, 1.807) is 41.8 Å². The zero-order chi connectivity index (χ0) is 60.7. The van der Waals surface area contributed by atoms with Crippen LogP contribution < -0.4 is 37.3 Å². The molecule has 3 atom stereocenters. The van der Waals surface area contributed by atoms with Gasteiger partial charge >= 0.3 is 12.1 Å². The number of fused-ring (bicyclic) bond motifs is 6. The Kier molecular flexibility index (Phi) is 17.8. The van der Waals surface area contributed by atoms with E-state index >= 15 is 0 Å². The number of cyclic esters (lactones) is 1. The summed E-state index contributed by atoms with van der Waals surface area (Å²) < 4.78 is 18.5. The van der Waals surface area contributed by atoms with Crippen LogP contribution in [0.5, 0.6) is 5.75 Å². The number of esters is 1. The third-order valence-corrected chi connectivity index (χ3v) is 16.9. The van der Waals surface area contributed by atoms with E-state index in [0.29, 0.717) is 86.7 Å². The average Bonchev–Trinajstić information content (AvgIpc) is 1.74. The summed E-state index contributed by atoms with van der Waals surface area (Å²) >= 11 is 0. The molecule has 0 saturated carbocycles. The van der Waals surface area contributed by atoms with Gasteiger partial charge < -0.3 is 50.6 Å². The minimum atomic E-state index is -1.91. The molecule has 0 unspecified atom stereocenters. The number of para-hydroxylation sites is 1. The van der Waals surface area contributed by atoms with Gasteiger partial charge in [-0.1, -0.05) is 135 Å². The zero-order valence-electron chi connectivity index (χ0n) is 49.1. The van der Waals surface area contributed by atoms with E-state index < -0.39 is 41.2 Å². The molecule has 87 heavy (non-hydrogen) atoms. The Hall–Kier alpha value is -9.42. The van der Waals surface area contributed by atoms with E-state index in [9.17, 15) is 29.1 Å². The number of aryl methyl sites for hydroxylation is 2. The molecule has 0 fully saturated rings. The first kappa shape index (κ1) is 59.3. The van der Waals surface area contributed by atoms with E-state index in [0.717, 1.165) is 55.2 Å². The monoisotopic (exact) mass is 1170 g/mol. The second-order valence-corrected chi connectivity index (χ2v) is 22.4. The highest BCUT2D eigenvalue weighted by Gasteiger charge is 2.46. The number of unbranched alkanes of at least 4 members (excludes halogenated alkanes) is 1. The fraction of sp³-hybridized carbons (Fsp3) is 0.286. The van der Waals surface area contributed by atoms with Crippen LogP contribution >= 0.6 is 0 Å². The summed E-state index contributed by atoms with van der Waals surface area (Å²) in [5.41, 5.74) is 15.6. The molecule has 2 aliphatic heterocycles. The first-order chi connectivity index (χ1) is 42.3. The normalized spacial score (nSPS) is 15.0. The summed E-state index contributed by atoms with van der Waals surface area (Å²) in [7, 11) is 0. The summed E-state index contributed by atoms with van der Waals surface area (Å²) in [6.07, 6.45) is 4.42. The Morgan fingerprint density at radius 3 is 2.24 bits per heavy atom. The molecular formula is C70H72N8O9. The molecule has 9 aromatic rings. The number of amides is 3. The van der Waals surface area contributed by atoms with Crippen LogP contribution in [-0.2, 0) is 67.6 Å². The number of anilines is 1. The van der Waals surface area contributed by atoms with Gasteiger partial charge in [-0.3, -0.25) is 19.7 Å². The molecule has 3 aromatic heterocycles. The topological polar surface area (TPSA) is 241 Å². The first-order valence-electron chi connectivity index (χ1n) is 29.9. The van der Waals surface area contributed by atoms with Crippen molar-refractivity contribution < 1.29 is 38.5 Å². The number of nitrogens with zero attached hydrogens (tertiary/aromatic N) is 2. The maximum atomic E-state index is 14.2. The SMILES string of the molecule is CCc1c2c(nc3ccc(OCCCNC(=O)OCc4ccc(NC(=O)[C@H](CCCCNC(c5ccccc5)(c5ccccc5)c5ccc(C)cc5)NC(=O)[C@@H](N)Cc5c[nH]c6ccccc56)cc4)cc13)-c1cc3c(c(=O)n1C2)COC(=O)[C@]3(O)CC. The number of hydrogen-bond acceptors (Lipinski definition) is 12. The van der Waals surface area contributed by atoms with E-state index in [1.807, 2.05) is 67.7 Å². The van der Waals surface area contributed by atoms with E-state index in [-0.39, 0.29) is 48.6 Å². The van der Waals surface area contributed by atoms with Gasteiger partial charge in [-0.2, -0.15) is 0 Å². The summed E-state index contributed by atoms with van der Waals surface area (Å²) in [4.78, 5) is 75.6. The van der Waals surface area contributed by atoms with Gasteiger partial charge in [-0.15, -0.1) is 0 Å². The van der Waals surface area contributed by atoms with Gasteiger partial charge in [0.2, 0.25) is 11.8 Å². The Morgan fingerprint density at radius 2 is 1.52 bits per heavy atom. The molecule has 8 N–H and O–H groups in total. The lowest BCUT2D eigenvalue weighted by atomic mass is 9.76. The molecule has 2 aliphatic rings. The van der Waals surface area contributed by atoms with Crippen molar-refractivity contribution >= 4 is 51.4 Å². The second-order valence-electron chi connectivity index (χ2n) is 22.4. The summed E-state index contributed by atoms with van der Waals surface area (Å²) in [6.45, 7) is 7.11. The lowest BCUT2D eigenvalue weighted by Gasteiger charge is -2.37. The number of carbonyl (C=O) groups excluding carboxylic acids is 4. The largest absolute Gasteiger partial charge is 0.494 e. The van der Waals surface area contributed by atoms with Crippen LogP contribution in [0.1, 0.15) is 102 Å². The molecule has 446 valence electrons. The van der Waals surface area contributed by atoms with Gasteiger partial charge in [0.15, 0.2) is 5.60 Å². The smallest absolute Gasteiger partial charge is 0.407 e. The standard InChI is InChI=1S/C70H72N8O9/c1-4-52-54-38-51(32-33-60(54)76-63-55(52)41-78-62(63)39-57-56(66(78)81)43-86-67(82)69(57,84)5-2)85-36-16-34-72-68(83)87-42-45-26-30-50(31-27-45)75-65(80)61(77-64(79)58(71)37-46-40-73-59-22-13-12-21-53(46)59)23-14-15-35-74-70(47-17-8-6-9-18-47,48-19-10-7-11-20-48)49-28-24-44(3)25-29-49/h6-13,17-22,24-33,38-40,58,61,73-74,84H,4-5,14-16,23,34-37,41-43,71H2,1-3H3,(H,72,83)(H,75,80)(H,77,79)/t58-,61-,69-/m0/s1. The molecule has 0 saturated heterocycles. The Labute approximate surface area is 504 Å². The number of nitrogens with two attached hydrogens (primary N) is 1. The number of alkyl carbamates (subject to hydrolysis) is 1. The van der Waals surface area contributed by atoms with Crippen LogP contribution in [0.4, 0.5) is 10.5 Å². The second kappa shape index (κ2) is 26.1. The Bertz CT molecular complexity index is 4000. The first-order valence-corrected chi connectivity index (χ1v) is 29.9. The molecule has 0 spiro atoms. The molecule has 6 aromatic carbocycles. The summed E-state index contributed by atoms with van der Waals surface area (Å²) in [5, 5.41) is 25.9. The van der Waals surface area contributed by atoms with Crippen molar-refractivity contribution in [1.82, 2.24) is 30.5 Å². The average molecular weight is 1170 g/mol. The highest BCUT2D eigenvalue weighted by molar-refractivity contribution is 5.98. The van der Waals surface area contributed by atoms with Gasteiger partial charge in [0.25, 0.3) is 5.56 Å². The van der Waals surface area contributed by atoms with Crippen molar-refractivity contribution in [3.05, 3.63) is 230 Å². The van der Waals surface area contributed by atoms with E-state index in [4.69, 9.17) is 24.9 Å². The number of hydrogen-bond donors (Lipinski definition) is 7. The lowest BCUT2D eigenvalue weighted by molar-refractivity contribution is -0.172. The van der Waals surface area contributed by atoms with Crippen molar-refractivity contribution in [2.24, 2.45) is 5.73 Å².